The molecule has 0 unspecified atom stereocenters. The Morgan fingerprint density at radius 3 is 1.79 bits per heavy atom. The van der Waals surface area contributed by atoms with E-state index in [9.17, 15) is 0 Å². The second-order valence-electron chi connectivity index (χ2n) is 8.02. The van der Waals surface area contributed by atoms with Crippen LogP contribution in [0.25, 0.3) is 42.4 Å². The van der Waals surface area contributed by atoms with Crippen LogP contribution in [0.2, 0.25) is 0 Å². The monoisotopic (exact) mass is 553 g/mol. The zero-order valence-electron chi connectivity index (χ0n) is 17.8. The van der Waals surface area contributed by atoms with Gasteiger partial charge in [-0.15, -0.1) is 11.3 Å². The zero-order valence-corrected chi connectivity index (χ0v) is 20.8. The summed E-state index contributed by atoms with van der Waals surface area (Å²) in [5, 5.41) is 2.69. The molecule has 0 N–H and O–H groups in total. The molecular weight excluding hydrogens is 533 g/mol. The molecule has 0 radical (unpaired) electrons. The first-order chi connectivity index (χ1) is 16.3. The Labute approximate surface area is 211 Å². The molecule has 0 amide bonds. The molecule has 0 aliphatic heterocycles. The second kappa shape index (κ2) is 8.65. The highest BCUT2D eigenvalue weighted by Gasteiger charge is 2.12. The molecular formula is C30H20INS. The fourth-order valence-corrected chi connectivity index (χ4v) is 6.13. The van der Waals surface area contributed by atoms with Crippen LogP contribution in [-0.2, 0) is 0 Å². The summed E-state index contributed by atoms with van der Waals surface area (Å²) < 4.78 is 4.89. The molecule has 0 spiro atoms. The Kier molecular flexibility index (Phi) is 5.36. The van der Waals surface area contributed by atoms with Gasteiger partial charge in [-0.25, -0.2) is 0 Å². The number of hydrogen-bond acceptors (Lipinski definition) is 2. The Bertz CT molecular complexity index is 1550. The maximum Gasteiger partial charge on any atom is 0.0646 e. The minimum Gasteiger partial charge on any atom is -0.283 e. The van der Waals surface area contributed by atoms with Crippen molar-refractivity contribution in [1.82, 2.24) is 0 Å². The summed E-state index contributed by atoms with van der Waals surface area (Å²) in [7, 11) is 0. The second-order valence-corrected chi connectivity index (χ2v) is 10.1. The average molecular weight is 553 g/mol. The van der Waals surface area contributed by atoms with Crippen LogP contribution in [0.5, 0.6) is 0 Å². The average Bonchev–Trinajstić information content (AvgIpc) is 3.28. The van der Waals surface area contributed by atoms with E-state index in [1.807, 2.05) is 11.3 Å². The van der Waals surface area contributed by atoms with Crippen molar-refractivity contribution in [3.8, 4) is 22.3 Å². The maximum absolute atomic E-state index is 2.39. The van der Waals surface area contributed by atoms with E-state index in [4.69, 9.17) is 0 Å². The summed E-state index contributed by atoms with van der Waals surface area (Å²) in [6.45, 7) is 0. The van der Waals surface area contributed by atoms with Crippen LogP contribution in [0.3, 0.4) is 0 Å². The summed E-state index contributed by atoms with van der Waals surface area (Å²) >= 11 is 4.25. The van der Waals surface area contributed by atoms with Crippen molar-refractivity contribution < 1.29 is 0 Å². The number of fused-ring (bicyclic) bond motifs is 3. The molecule has 0 aliphatic carbocycles. The van der Waals surface area contributed by atoms with Crippen molar-refractivity contribution in [2.75, 3.05) is 3.11 Å². The zero-order chi connectivity index (χ0) is 22.2. The van der Waals surface area contributed by atoms with Crippen LogP contribution < -0.4 is 3.11 Å². The Hall–Kier alpha value is -3.15. The van der Waals surface area contributed by atoms with Crippen LogP contribution in [-0.4, -0.2) is 0 Å². The number of halogens is 1. The fraction of sp³-hybridized carbons (Fsp3) is 0. The molecule has 1 aromatic heterocycles. The summed E-state index contributed by atoms with van der Waals surface area (Å²) in [6.07, 6.45) is 0. The molecule has 0 fully saturated rings. The van der Waals surface area contributed by atoms with Gasteiger partial charge in [-0.1, -0.05) is 84.9 Å². The Balaban J connectivity index is 1.32. The summed E-state index contributed by atoms with van der Waals surface area (Å²) in [5.74, 6) is 0. The first kappa shape index (κ1) is 20.5. The fourth-order valence-electron chi connectivity index (χ4n) is 4.35. The lowest BCUT2D eigenvalue weighted by Gasteiger charge is -2.18. The largest absolute Gasteiger partial charge is 0.283 e. The van der Waals surface area contributed by atoms with Gasteiger partial charge in [0.1, 0.15) is 0 Å². The third kappa shape index (κ3) is 3.81. The molecule has 0 saturated heterocycles. The van der Waals surface area contributed by atoms with Crippen molar-refractivity contribution in [3.63, 3.8) is 0 Å². The quantitative estimate of drug-likeness (QED) is 0.155. The van der Waals surface area contributed by atoms with E-state index in [2.05, 4.69) is 147 Å². The van der Waals surface area contributed by atoms with Gasteiger partial charge in [-0.3, -0.25) is 3.11 Å². The predicted molar refractivity (Wildman–Crippen MR) is 153 cm³/mol. The van der Waals surface area contributed by atoms with Crippen molar-refractivity contribution in [1.29, 1.82) is 0 Å². The van der Waals surface area contributed by atoms with Gasteiger partial charge in [0, 0.05) is 20.2 Å². The lowest BCUT2D eigenvalue weighted by Crippen LogP contribution is -2.00. The van der Waals surface area contributed by atoms with Gasteiger partial charge in [0.05, 0.1) is 34.2 Å². The first-order valence-corrected chi connectivity index (χ1v) is 12.7. The van der Waals surface area contributed by atoms with E-state index in [-0.39, 0.29) is 0 Å². The van der Waals surface area contributed by atoms with Crippen molar-refractivity contribution in [3.05, 3.63) is 121 Å². The standard InChI is InChI=1S/C30H20INS/c31-32(24-17-13-22(14-18-24)21-7-2-1-3-8-21)25-19-15-23(16-20-25)26-10-6-12-29-30(26)27-9-4-5-11-28(27)33-29/h1-20H. The molecule has 5 aromatic carbocycles. The molecule has 1 heterocycles. The normalized spacial score (nSPS) is 11.2. The number of hydrogen-bond donors (Lipinski definition) is 0. The highest BCUT2D eigenvalue weighted by atomic mass is 127. The Morgan fingerprint density at radius 1 is 0.485 bits per heavy atom. The molecule has 6 rings (SSSR count). The number of nitrogens with zero attached hydrogens (tertiary/aromatic N) is 1. The maximum atomic E-state index is 2.39. The lowest BCUT2D eigenvalue weighted by atomic mass is 9.99. The van der Waals surface area contributed by atoms with Gasteiger partial charge in [0.2, 0.25) is 0 Å². The number of anilines is 2. The third-order valence-electron chi connectivity index (χ3n) is 6.01. The first-order valence-electron chi connectivity index (χ1n) is 10.9. The topological polar surface area (TPSA) is 3.24 Å². The molecule has 1 nitrogen and oxygen atoms in total. The van der Waals surface area contributed by atoms with Crippen LogP contribution in [0.1, 0.15) is 0 Å². The number of benzene rings is 5. The summed E-state index contributed by atoms with van der Waals surface area (Å²) in [5.41, 5.74) is 7.34. The minimum atomic E-state index is 1.16. The SMILES string of the molecule is IN(c1ccc(-c2ccccc2)cc1)c1ccc(-c2cccc3sc4ccccc4c23)cc1. The lowest BCUT2D eigenvalue weighted by molar-refractivity contribution is 1.47. The van der Waals surface area contributed by atoms with Gasteiger partial charge in [0.15, 0.2) is 0 Å². The van der Waals surface area contributed by atoms with E-state index in [0.29, 0.717) is 0 Å². The van der Waals surface area contributed by atoms with E-state index in [1.54, 1.807) is 0 Å². The summed E-state index contributed by atoms with van der Waals surface area (Å²) in [4.78, 5) is 0. The van der Waals surface area contributed by atoms with Gasteiger partial charge < -0.3 is 0 Å². The Morgan fingerprint density at radius 2 is 1.06 bits per heavy atom. The molecule has 33 heavy (non-hydrogen) atoms. The third-order valence-corrected chi connectivity index (χ3v) is 8.26. The van der Waals surface area contributed by atoms with Crippen LogP contribution >= 0.6 is 34.2 Å². The number of rotatable bonds is 4. The van der Waals surface area contributed by atoms with Gasteiger partial charge in [-0.05, 0) is 58.7 Å². The van der Waals surface area contributed by atoms with Gasteiger partial charge >= 0.3 is 0 Å². The highest BCUT2D eigenvalue weighted by Crippen LogP contribution is 2.40. The van der Waals surface area contributed by atoms with Crippen LogP contribution in [0, 0.1) is 0 Å². The molecule has 3 heteroatoms. The van der Waals surface area contributed by atoms with Crippen molar-refractivity contribution >= 4 is 65.7 Å². The van der Waals surface area contributed by atoms with Crippen molar-refractivity contribution in [2.45, 2.75) is 0 Å². The van der Waals surface area contributed by atoms with E-state index in [1.165, 1.54) is 42.4 Å². The van der Waals surface area contributed by atoms with Crippen LogP contribution in [0.4, 0.5) is 11.4 Å². The predicted octanol–water partition coefficient (Wildman–Crippen LogP) is 9.88. The van der Waals surface area contributed by atoms with E-state index in [0.717, 1.165) is 11.4 Å². The summed E-state index contributed by atoms with van der Waals surface area (Å²) in [6, 6.07) is 43.5. The highest BCUT2D eigenvalue weighted by molar-refractivity contribution is 14.1. The molecule has 0 saturated carbocycles. The van der Waals surface area contributed by atoms with E-state index < -0.39 is 0 Å². The molecule has 158 valence electrons. The van der Waals surface area contributed by atoms with Crippen molar-refractivity contribution in [2.24, 2.45) is 0 Å². The molecule has 6 aromatic rings. The minimum absolute atomic E-state index is 1.16. The number of thiophene rings is 1. The molecule has 0 atom stereocenters. The molecule has 0 bridgehead atoms. The molecule has 0 aliphatic rings. The smallest absolute Gasteiger partial charge is 0.0646 e. The van der Waals surface area contributed by atoms with Gasteiger partial charge in [-0.2, -0.15) is 0 Å². The van der Waals surface area contributed by atoms with Crippen LogP contribution in [0.15, 0.2) is 121 Å². The van der Waals surface area contributed by atoms with E-state index >= 15 is 0 Å². The van der Waals surface area contributed by atoms with Gasteiger partial charge in [0.25, 0.3) is 0 Å².